The van der Waals surface area contributed by atoms with E-state index in [1.807, 2.05) is 0 Å². The summed E-state index contributed by atoms with van der Waals surface area (Å²) in [6, 6.07) is 0. The van der Waals surface area contributed by atoms with Crippen LogP contribution in [0.5, 0.6) is 0 Å². The number of aliphatic hydroxyl groups is 1. The molecule has 160 valence electrons. The van der Waals surface area contributed by atoms with Crippen LogP contribution < -0.4 is 5.14 Å². The lowest BCUT2D eigenvalue weighted by Gasteiger charge is -2.22. The van der Waals surface area contributed by atoms with E-state index in [4.69, 9.17) is 10.2 Å². The first-order valence-corrected chi connectivity index (χ1v) is 12.3. The highest BCUT2D eigenvalue weighted by molar-refractivity contribution is 7.91. The van der Waals surface area contributed by atoms with Gasteiger partial charge in [0.15, 0.2) is 32.2 Å². The molecule has 0 aliphatic heterocycles. The summed E-state index contributed by atoms with van der Waals surface area (Å²) >= 11 is 0. The van der Waals surface area contributed by atoms with E-state index in [-0.39, 0.29) is 12.3 Å². The number of rotatable bonds is 6. The van der Waals surface area contributed by atoms with Crippen LogP contribution in [0.25, 0.3) is 0 Å². The van der Waals surface area contributed by atoms with Gasteiger partial charge in [-0.1, -0.05) is 44.9 Å². The molecule has 0 heterocycles. The molecule has 1 aromatic carbocycles. The van der Waals surface area contributed by atoms with Crippen LogP contribution in [0, 0.1) is 23.4 Å². The summed E-state index contributed by atoms with van der Waals surface area (Å²) in [4.78, 5) is -2.90. The van der Waals surface area contributed by atoms with Gasteiger partial charge in [-0.25, -0.2) is 35.1 Å². The van der Waals surface area contributed by atoms with Gasteiger partial charge in [0, 0.05) is 5.56 Å². The molecule has 28 heavy (non-hydrogen) atoms. The van der Waals surface area contributed by atoms with Crippen molar-refractivity contribution in [3.63, 3.8) is 0 Å². The van der Waals surface area contributed by atoms with E-state index in [2.05, 4.69) is 0 Å². The SMILES string of the molecule is NS(=O)(=O)c1c(F)c(F)c(S(=O)(=O)CCO)c(CC2CCCCCCC2)c1F. The van der Waals surface area contributed by atoms with Gasteiger partial charge in [0.2, 0.25) is 10.0 Å². The second-order valence-electron chi connectivity index (χ2n) is 7.08. The Labute approximate surface area is 162 Å². The number of sulfone groups is 1. The van der Waals surface area contributed by atoms with Crippen molar-refractivity contribution < 1.29 is 35.1 Å². The number of benzene rings is 1. The zero-order chi connectivity index (χ0) is 21.1. The molecule has 0 amide bonds. The lowest BCUT2D eigenvalue weighted by molar-refractivity contribution is 0.319. The molecule has 0 saturated heterocycles. The highest BCUT2D eigenvalue weighted by atomic mass is 32.2. The summed E-state index contributed by atoms with van der Waals surface area (Å²) in [7, 11) is -9.56. The molecule has 0 radical (unpaired) electrons. The molecule has 6 nitrogen and oxygen atoms in total. The van der Waals surface area contributed by atoms with Crippen molar-refractivity contribution in [3.05, 3.63) is 23.0 Å². The Kier molecular flexibility index (Phi) is 7.51. The van der Waals surface area contributed by atoms with Crippen LogP contribution in [0.3, 0.4) is 0 Å². The average Bonchev–Trinajstić information content (AvgIpc) is 2.53. The molecular formula is C17H24F3NO5S2. The van der Waals surface area contributed by atoms with Gasteiger partial charge in [0.05, 0.1) is 12.4 Å². The summed E-state index contributed by atoms with van der Waals surface area (Å²) in [5.41, 5.74) is -0.720. The van der Waals surface area contributed by atoms with E-state index in [1.165, 1.54) is 0 Å². The Hall–Kier alpha value is -1.17. The molecule has 1 aliphatic rings. The number of hydrogen-bond acceptors (Lipinski definition) is 5. The fourth-order valence-corrected chi connectivity index (χ4v) is 5.74. The van der Waals surface area contributed by atoms with Crippen molar-refractivity contribution in [1.82, 2.24) is 0 Å². The minimum absolute atomic E-state index is 0.212. The van der Waals surface area contributed by atoms with E-state index < -0.39 is 65.0 Å². The van der Waals surface area contributed by atoms with Crippen LogP contribution in [-0.4, -0.2) is 34.3 Å². The van der Waals surface area contributed by atoms with Gasteiger partial charge in [-0.2, -0.15) is 0 Å². The standard InChI is InChI=1S/C17H24F3NO5S2/c18-13-12(10-11-6-4-2-1-3-5-7-11)16(27(23,24)9-8-22)14(19)15(20)17(13)28(21,25)26/h11,22H,1-10H2,(H2,21,25,26). The van der Waals surface area contributed by atoms with Gasteiger partial charge < -0.3 is 5.11 Å². The van der Waals surface area contributed by atoms with Gasteiger partial charge in [0.25, 0.3) is 0 Å². The summed E-state index contributed by atoms with van der Waals surface area (Å²) in [6.45, 7) is -0.884. The molecule has 2 rings (SSSR count). The highest BCUT2D eigenvalue weighted by Gasteiger charge is 2.36. The molecule has 1 aliphatic carbocycles. The molecule has 1 saturated carbocycles. The maximum absolute atomic E-state index is 15.0. The summed E-state index contributed by atoms with van der Waals surface area (Å²) in [6.07, 6.45) is 5.59. The molecule has 0 spiro atoms. The Balaban J connectivity index is 2.70. The minimum atomic E-state index is -4.97. The molecule has 0 unspecified atom stereocenters. The van der Waals surface area contributed by atoms with Crippen molar-refractivity contribution in [1.29, 1.82) is 0 Å². The molecule has 0 bridgehead atoms. The highest BCUT2D eigenvalue weighted by Crippen LogP contribution is 2.35. The van der Waals surface area contributed by atoms with Crippen LogP contribution >= 0.6 is 0 Å². The predicted molar refractivity (Wildman–Crippen MR) is 96.3 cm³/mol. The number of hydrogen-bond donors (Lipinski definition) is 2. The first kappa shape index (κ1) is 23.1. The van der Waals surface area contributed by atoms with Crippen LogP contribution in [0.2, 0.25) is 0 Å². The minimum Gasteiger partial charge on any atom is -0.395 e. The van der Waals surface area contributed by atoms with Gasteiger partial charge in [-0.15, -0.1) is 0 Å². The fourth-order valence-electron chi connectivity index (χ4n) is 3.68. The van der Waals surface area contributed by atoms with Gasteiger partial charge in [-0.3, -0.25) is 0 Å². The number of nitrogens with two attached hydrogens (primary N) is 1. The van der Waals surface area contributed by atoms with Gasteiger partial charge >= 0.3 is 0 Å². The van der Waals surface area contributed by atoms with Gasteiger partial charge in [0.1, 0.15) is 4.90 Å². The molecule has 0 atom stereocenters. The second kappa shape index (κ2) is 9.10. The van der Waals surface area contributed by atoms with E-state index in [1.54, 1.807) is 0 Å². The third-order valence-corrected chi connectivity index (χ3v) is 7.70. The van der Waals surface area contributed by atoms with Crippen LogP contribution in [0.15, 0.2) is 9.79 Å². The van der Waals surface area contributed by atoms with Crippen molar-refractivity contribution >= 4 is 19.9 Å². The Morgan fingerprint density at radius 3 is 1.86 bits per heavy atom. The number of aliphatic hydroxyl groups excluding tert-OH is 1. The van der Waals surface area contributed by atoms with E-state index in [0.717, 1.165) is 32.1 Å². The first-order chi connectivity index (χ1) is 13.0. The molecule has 1 fully saturated rings. The van der Waals surface area contributed by atoms with Gasteiger partial charge in [-0.05, 0) is 12.3 Å². The van der Waals surface area contributed by atoms with Crippen molar-refractivity contribution in [2.45, 2.75) is 61.2 Å². The Bertz CT molecular complexity index is 925. The summed E-state index contributed by atoms with van der Waals surface area (Å²) in [5, 5.41) is 13.8. The van der Waals surface area contributed by atoms with Crippen LogP contribution in [0.4, 0.5) is 13.2 Å². The lowest BCUT2D eigenvalue weighted by Crippen LogP contribution is -2.24. The topological polar surface area (TPSA) is 115 Å². The smallest absolute Gasteiger partial charge is 0.244 e. The van der Waals surface area contributed by atoms with E-state index in [0.29, 0.717) is 12.8 Å². The van der Waals surface area contributed by atoms with Crippen molar-refractivity contribution in [2.75, 3.05) is 12.4 Å². The van der Waals surface area contributed by atoms with Crippen molar-refractivity contribution in [3.8, 4) is 0 Å². The molecule has 1 aromatic rings. The summed E-state index contributed by atoms with van der Waals surface area (Å²) < 4.78 is 91.9. The third-order valence-electron chi connectivity index (χ3n) is 5.00. The number of halogens is 3. The van der Waals surface area contributed by atoms with Crippen molar-refractivity contribution in [2.24, 2.45) is 11.1 Å². The summed E-state index contributed by atoms with van der Waals surface area (Å²) in [5.74, 6) is -7.00. The first-order valence-electron chi connectivity index (χ1n) is 9.06. The lowest BCUT2D eigenvalue weighted by atomic mass is 9.86. The molecular weight excluding hydrogens is 419 g/mol. The largest absolute Gasteiger partial charge is 0.395 e. The van der Waals surface area contributed by atoms with E-state index in [9.17, 15) is 30.0 Å². The Morgan fingerprint density at radius 1 is 0.857 bits per heavy atom. The predicted octanol–water partition coefficient (Wildman–Crippen LogP) is 2.42. The Morgan fingerprint density at radius 2 is 1.36 bits per heavy atom. The zero-order valence-corrected chi connectivity index (χ0v) is 16.9. The molecule has 11 heteroatoms. The normalized spacial score (nSPS) is 17.3. The van der Waals surface area contributed by atoms with Crippen LogP contribution in [-0.2, 0) is 26.3 Å². The maximum atomic E-state index is 15.0. The maximum Gasteiger partial charge on any atom is 0.244 e. The van der Waals surface area contributed by atoms with Crippen LogP contribution in [0.1, 0.15) is 50.5 Å². The monoisotopic (exact) mass is 443 g/mol. The quantitative estimate of drug-likeness (QED) is 0.656. The van der Waals surface area contributed by atoms with E-state index >= 15 is 0 Å². The average molecular weight is 444 g/mol. The zero-order valence-electron chi connectivity index (χ0n) is 15.3. The number of sulfonamides is 1. The molecule has 0 aromatic heterocycles. The second-order valence-corrected chi connectivity index (χ2v) is 10.6. The number of primary sulfonamides is 1. The third kappa shape index (κ3) is 5.05. The molecule has 3 N–H and O–H groups in total. The fraction of sp³-hybridized carbons (Fsp3) is 0.647.